The van der Waals surface area contributed by atoms with Crippen LogP contribution in [0.2, 0.25) is 0 Å². The van der Waals surface area contributed by atoms with E-state index >= 15 is 0 Å². The lowest BCUT2D eigenvalue weighted by atomic mass is 10.1. The second-order valence-electron chi connectivity index (χ2n) is 3.33. The lowest BCUT2D eigenvalue weighted by Gasteiger charge is -2.10. The number of carbonyl (C=O) groups excluding carboxylic acids is 1. The number of methoxy groups -OCH3 is 1. The number of hydrogen-bond acceptors (Lipinski definition) is 2. The van der Waals surface area contributed by atoms with Crippen LogP contribution in [0.5, 0.6) is 5.75 Å². The van der Waals surface area contributed by atoms with Crippen LogP contribution >= 0.6 is 0 Å². The van der Waals surface area contributed by atoms with Crippen molar-refractivity contribution in [1.82, 2.24) is 4.90 Å². The van der Waals surface area contributed by atoms with Crippen LogP contribution < -0.4 is 10.5 Å². The molecule has 0 saturated heterocycles. The first-order chi connectivity index (χ1) is 6.70. The zero-order valence-corrected chi connectivity index (χ0v) is 7.99. The molecule has 4 nitrogen and oxygen atoms in total. The summed E-state index contributed by atoms with van der Waals surface area (Å²) in [6, 6.07) is 5.43. The number of fused-ring (bicyclic) bond motifs is 1. The molecule has 0 aliphatic carbocycles. The predicted molar refractivity (Wildman–Crippen MR) is 51.8 cm³/mol. The molecule has 0 radical (unpaired) electrons. The molecule has 14 heavy (non-hydrogen) atoms. The minimum atomic E-state index is -0.375. The molecule has 0 atom stereocenters. The highest BCUT2D eigenvalue weighted by Gasteiger charge is 2.21. The fourth-order valence-corrected chi connectivity index (χ4v) is 1.65. The smallest absolute Gasteiger partial charge is 0.315 e. The third kappa shape index (κ3) is 1.39. The van der Waals surface area contributed by atoms with E-state index in [-0.39, 0.29) is 6.03 Å². The molecule has 2 amide bonds. The van der Waals surface area contributed by atoms with Gasteiger partial charge in [-0.25, -0.2) is 4.79 Å². The third-order valence-electron chi connectivity index (χ3n) is 2.45. The molecular formula is C10H12N2O2. The summed E-state index contributed by atoms with van der Waals surface area (Å²) >= 11 is 0. The maximum Gasteiger partial charge on any atom is 0.315 e. The minimum Gasteiger partial charge on any atom is -0.497 e. The van der Waals surface area contributed by atoms with Crippen LogP contribution in [0.4, 0.5) is 4.79 Å². The predicted octanol–water partition coefficient (Wildman–Crippen LogP) is 1.09. The van der Waals surface area contributed by atoms with Gasteiger partial charge < -0.3 is 15.4 Å². The fraction of sp³-hybridized carbons (Fsp3) is 0.300. The molecule has 1 aromatic carbocycles. The van der Waals surface area contributed by atoms with Gasteiger partial charge in [0.05, 0.1) is 7.11 Å². The Morgan fingerprint density at radius 3 is 2.79 bits per heavy atom. The van der Waals surface area contributed by atoms with Crippen LogP contribution in [0.15, 0.2) is 18.2 Å². The average molecular weight is 192 g/mol. The Balaban J connectivity index is 2.27. The molecule has 0 bridgehead atoms. The van der Waals surface area contributed by atoms with E-state index in [4.69, 9.17) is 10.5 Å². The van der Waals surface area contributed by atoms with Crippen molar-refractivity contribution in [3.05, 3.63) is 29.3 Å². The number of primary amides is 1. The maximum absolute atomic E-state index is 10.9. The standard InChI is InChI=1S/C10H12N2O2/c1-14-9-3-2-7-5-12(10(11)13)6-8(7)4-9/h2-4H,5-6H2,1H3,(H2,11,13). The van der Waals surface area contributed by atoms with Crippen molar-refractivity contribution in [1.29, 1.82) is 0 Å². The van der Waals surface area contributed by atoms with E-state index in [2.05, 4.69) is 0 Å². The van der Waals surface area contributed by atoms with Crippen LogP contribution in [-0.4, -0.2) is 18.0 Å². The average Bonchev–Trinajstić information content (AvgIpc) is 2.59. The summed E-state index contributed by atoms with van der Waals surface area (Å²) < 4.78 is 5.10. The summed E-state index contributed by atoms with van der Waals surface area (Å²) in [5.41, 5.74) is 7.46. The minimum absolute atomic E-state index is 0.375. The normalized spacial score (nSPS) is 13.9. The molecule has 0 unspecified atom stereocenters. The Morgan fingerprint density at radius 1 is 1.43 bits per heavy atom. The van der Waals surface area contributed by atoms with Crippen LogP contribution in [0.3, 0.4) is 0 Å². The van der Waals surface area contributed by atoms with Crippen molar-refractivity contribution < 1.29 is 9.53 Å². The van der Waals surface area contributed by atoms with Crippen molar-refractivity contribution in [2.75, 3.05) is 7.11 Å². The molecule has 1 heterocycles. The SMILES string of the molecule is COc1ccc2c(c1)CN(C(N)=O)C2. The molecule has 0 spiro atoms. The molecule has 74 valence electrons. The van der Waals surface area contributed by atoms with Crippen LogP contribution in [-0.2, 0) is 13.1 Å². The van der Waals surface area contributed by atoms with Crippen molar-refractivity contribution >= 4 is 6.03 Å². The van der Waals surface area contributed by atoms with E-state index in [1.54, 1.807) is 12.0 Å². The quantitative estimate of drug-likeness (QED) is 0.724. The van der Waals surface area contributed by atoms with Gasteiger partial charge in [-0.3, -0.25) is 0 Å². The number of rotatable bonds is 1. The Labute approximate surface area is 82.3 Å². The Morgan fingerprint density at radius 2 is 2.14 bits per heavy atom. The summed E-state index contributed by atoms with van der Waals surface area (Å²) in [4.78, 5) is 12.5. The van der Waals surface area contributed by atoms with Gasteiger partial charge in [-0.1, -0.05) is 6.07 Å². The number of carbonyl (C=O) groups is 1. The molecule has 2 N–H and O–H groups in total. The fourth-order valence-electron chi connectivity index (χ4n) is 1.65. The van der Waals surface area contributed by atoms with Gasteiger partial charge >= 0.3 is 6.03 Å². The van der Waals surface area contributed by atoms with Gasteiger partial charge in [0.2, 0.25) is 0 Å². The van der Waals surface area contributed by atoms with E-state index in [1.807, 2.05) is 18.2 Å². The second kappa shape index (κ2) is 3.21. The molecule has 0 saturated carbocycles. The molecule has 4 heteroatoms. The summed E-state index contributed by atoms with van der Waals surface area (Å²) in [5.74, 6) is 0.815. The lowest BCUT2D eigenvalue weighted by Crippen LogP contribution is -2.30. The maximum atomic E-state index is 10.9. The highest BCUT2D eigenvalue weighted by molar-refractivity contribution is 5.73. The summed E-state index contributed by atoms with van der Waals surface area (Å²) in [7, 11) is 1.63. The van der Waals surface area contributed by atoms with Gasteiger partial charge in [-0.15, -0.1) is 0 Å². The summed E-state index contributed by atoms with van der Waals surface area (Å²) in [5, 5.41) is 0. The molecule has 0 fully saturated rings. The van der Waals surface area contributed by atoms with Crippen LogP contribution in [0.1, 0.15) is 11.1 Å². The number of nitrogens with zero attached hydrogens (tertiary/aromatic N) is 1. The molecule has 1 aliphatic rings. The monoisotopic (exact) mass is 192 g/mol. The third-order valence-corrected chi connectivity index (χ3v) is 2.45. The number of benzene rings is 1. The highest BCUT2D eigenvalue weighted by Crippen LogP contribution is 2.26. The van der Waals surface area contributed by atoms with Gasteiger partial charge in [-0.2, -0.15) is 0 Å². The molecule has 0 aromatic heterocycles. The number of nitrogens with two attached hydrogens (primary N) is 1. The Kier molecular flexibility index (Phi) is 2.04. The van der Waals surface area contributed by atoms with E-state index < -0.39 is 0 Å². The topological polar surface area (TPSA) is 55.6 Å². The van der Waals surface area contributed by atoms with Crippen LogP contribution in [0.25, 0.3) is 0 Å². The van der Waals surface area contributed by atoms with E-state index in [0.717, 1.165) is 16.9 Å². The van der Waals surface area contributed by atoms with Crippen molar-refractivity contribution in [2.24, 2.45) is 5.73 Å². The van der Waals surface area contributed by atoms with Gasteiger partial charge in [0.25, 0.3) is 0 Å². The molecular weight excluding hydrogens is 180 g/mol. The van der Waals surface area contributed by atoms with Crippen molar-refractivity contribution in [3.63, 3.8) is 0 Å². The first kappa shape index (κ1) is 8.87. The largest absolute Gasteiger partial charge is 0.497 e. The van der Waals surface area contributed by atoms with Crippen LogP contribution in [0, 0.1) is 0 Å². The summed E-state index contributed by atoms with van der Waals surface area (Å²) in [6.07, 6.45) is 0. The number of amides is 2. The van der Waals surface area contributed by atoms with E-state index in [0.29, 0.717) is 13.1 Å². The van der Waals surface area contributed by atoms with Crippen molar-refractivity contribution in [3.8, 4) is 5.75 Å². The van der Waals surface area contributed by atoms with E-state index in [1.165, 1.54) is 0 Å². The number of urea groups is 1. The summed E-state index contributed by atoms with van der Waals surface area (Å²) in [6.45, 7) is 1.19. The molecule has 1 aromatic rings. The highest BCUT2D eigenvalue weighted by atomic mass is 16.5. The molecule has 1 aliphatic heterocycles. The first-order valence-corrected chi connectivity index (χ1v) is 4.41. The number of ether oxygens (including phenoxy) is 1. The van der Waals surface area contributed by atoms with Gasteiger partial charge in [0.1, 0.15) is 5.75 Å². The first-order valence-electron chi connectivity index (χ1n) is 4.41. The zero-order chi connectivity index (χ0) is 10.1. The van der Waals surface area contributed by atoms with E-state index in [9.17, 15) is 4.79 Å². The number of hydrogen-bond donors (Lipinski definition) is 1. The Bertz CT molecular complexity index is 376. The molecule has 2 rings (SSSR count). The van der Waals surface area contributed by atoms with Crippen molar-refractivity contribution in [2.45, 2.75) is 13.1 Å². The lowest BCUT2D eigenvalue weighted by molar-refractivity contribution is 0.208. The second-order valence-corrected chi connectivity index (χ2v) is 3.33. The van der Waals surface area contributed by atoms with Gasteiger partial charge in [0.15, 0.2) is 0 Å². The zero-order valence-electron chi connectivity index (χ0n) is 7.99. The van der Waals surface area contributed by atoms with Gasteiger partial charge in [-0.05, 0) is 23.3 Å². The Hall–Kier alpha value is -1.71. The van der Waals surface area contributed by atoms with Gasteiger partial charge in [0, 0.05) is 13.1 Å².